The molecule has 0 N–H and O–H groups in total. The number of benzene rings is 2. The summed E-state index contributed by atoms with van der Waals surface area (Å²) in [5.41, 5.74) is -0.945. The predicted octanol–water partition coefficient (Wildman–Crippen LogP) is 2.36. The lowest BCUT2D eigenvalue weighted by atomic mass is 9.75. The number of imide groups is 2. The predicted molar refractivity (Wildman–Crippen MR) is 98.5 cm³/mol. The van der Waals surface area contributed by atoms with Crippen molar-refractivity contribution < 1.29 is 28.0 Å². The molecule has 2 aliphatic heterocycles. The zero-order valence-electron chi connectivity index (χ0n) is 15.7. The van der Waals surface area contributed by atoms with Crippen molar-refractivity contribution in [1.29, 1.82) is 0 Å². The second-order valence-corrected chi connectivity index (χ2v) is 7.21. The number of rotatable bonds is 4. The molecule has 0 bridgehead atoms. The van der Waals surface area contributed by atoms with E-state index in [1.807, 2.05) is 0 Å². The van der Waals surface area contributed by atoms with Crippen molar-refractivity contribution in [2.24, 2.45) is 0 Å². The van der Waals surface area contributed by atoms with Gasteiger partial charge in [-0.1, -0.05) is 12.1 Å². The molecule has 29 heavy (non-hydrogen) atoms. The Morgan fingerprint density at radius 1 is 0.655 bits per heavy atom. The van der Waals surface area contributed by atoms with Crippen LogP contribution in [0.4, 0.5) is 8.78 Å². The highest BCUT2D eigenvalue weighted by molar-refractivity contribution is 6.22. The average molecular weight is 398 g/mol. The Morgan fingerprint density at radius 2 is 1.00 bits per heavy atom. The number of nitrogens with zero attached hydrogens (tertiary/aromatic N) is 2. The second-order valence-electron chi connectivity index (χ2n) is 7.21. The molecule has 8 heteroatoms. The van der Waals surface area contributed by atoms with Crippen molar-refractivity contribution in [2.75, 3.05) is 27.4 Å². The fourth-order valence-corrected chi connectivity index (χ4v) is 3.83. The Kier molecular flexibility index (Phi) is 4.11. The van der Waals surface area contributed by atoms with Gasteiger partial charge in [-0.15, -0.1) is 0 Å². The minimum Gasteiger partial charge on any atom is -0.277 e. The fourth-order valence-electron chi connectivity index (χ4n) is 3.83. The summed E-state index contributed by atoms with van der Waals surface area (Å²) < 4.78 is 28.6. The molecule has 0 aromatic heterocycles. The molecule has 148 valence electrons. The first-order valence-corrected chi connectivity index (χ1v) is 8.82. The molecule has 2 aromatic carbocycles. The lowest BCUT2D eigenvalue weighted by molar-refractivity contribution is 0.0678. The van der Waals surface area contributed by atoms with E-state index >= 15 is 0 Å². The molecule has 0 saturated carbocycles. The molecule has 2 heterocycles. The smallest absolute Gasteiger partial charge is 0.261 e. The molecule has 2 aromatic rings. The van der Waals surface area contributed by atoms with Gasteiger partial charge in [-0.2, -0.15) is 0 Å². The molecule has 0 saturated heterocycles. The standard InChI is InChI=1S/C21H16F2N2O4/c1-24-17(26)13-5-3-11(7-15(13)19(24)28)21(9-22,10-23)12-4-6-14-16(8-12)20(29)25(2)18(14)27/h3-8H,9-10H2,1-2H3. The Morgan fingerprint density at radius 3 is 1.34 bits per heavy atom. The third-order valence-corrected chi connectivity index (χ3v) is 5.74. The average Bonchev–Trinajstić information content (AvgIpc) is 3.09. The largest absolute Gasteiger partial charge is 0.277 e. The quantitative estimate of drug-likeness (QED) is 0.741. The first-order chi connectivity index (χ1) is 13.8. The van der Waals surface area contributed by atoms with E-state index in [1.54, 1.807) is 0 Å². The minimum absolute atomic E-state index is 0.0772. The maximum atomic E-state index is 14.3. The lowest BCUT2D eigenvalue weighted by Crippen LogP contribution is -2.33. The Labute approximate surface area is 164 Å². The van der Waals surface area contributed by atoms with E-state index in [1.165, 1.54) is 50.5 Å². The van der Waals surface area contributed by atoms with E-state index in [0.29, 0.717) is 0 Å². The summed E-state index contributed by atoms with van der Waals surface area (Å²) in [6, 6.07) is 8.23. The van der Waals surface area contributed by atoms with Gasteiger partial charge in [0.25, 0.3) is 23.6 Å². The molecule has 0 radical (unpaired) electrons. The van der Waals surface area contributed by atoms with Crippen molar-refractivity contribution in [3.05, 3.63) is 69.8 Å². The highest BCUT2D eigenvalue weighted by Gasteiger charge is 2.41. The van der Waals surface area contributed by atoms with E-state index in [2.05, 4.69) is 0 Å². The van der Waals surface area contributed by atoms with E-state index < -0.39 is 42.4 Å². The Bertz CT molecular complexity index is 1020. The van der Waals surface area contributed by atoms with Crippen LogP contribution in [0.25, 0.3) is 0 Å². The maximum absolute atomic E-state index is 14.3. The van der Waals surface area contributed by atoms with Gasteiger partial charge < -0.3 is 0 Å². The first kappa shape index (κ1) is 18.9. The summed E-state index contributed by atoms with van der Waals surface area (Å²) in [4.78, 5) is 50.6. The highest BCUT2D eigenvalue weighted by Crippen LogP contribution is 2.38. The summed E-state index contributed by atoms with van der Waals surface area (Å²) in [7, 11) is 2.67. The molecule has 0 unspecified atom stereocenters. The number of carbonyl (C=O) groups excluding carboxylic acids is 4. The molecule has 4 amide bonds. The van der Waals surface area contributed by atoms with Crippen LogP contribution in [0, 0.1) is 0 Å². The Hall–Kier alpha value is -3.42. The van der Waals surface area contributed by atoms with Crippen LogP contribution in [0.2, 0.25) is 0 Å². The van der Waals surface area contributed by atoms with E-state index in [4.69, 9.17) is 0 Å². The molecule has 0 aliphatic carbocycles. The molecule has 2 aliphatic rings. The third kappa shape index (κ3) is 2.38. The number of halogens is 2. The van der Waals surface area contributed by atoms with E-state index in [-0.39, 0.29) is 33.4 Å². The number of fused-ring (bicyclic) bond motifs is 2. The van der Waals surface area contributed by atoms with Gasteiger partial charge in [-0.3, -0.25) is 29.0 Å². The van der Waals surface area contributed by atoms with Crippen LogP contribution >= 0.6 is 0 Å². The van der Waals surface area contributed by atoms with E-state index in [0.717, 1.165) is 9.80 Å². The molecular weight excluding hydrogens is 382 g/mol. The van der Waals surface area contributed by atoms with Crippen molar-refractivity contribution in [3.8, 4) is 0 Å². The van der Waals surface area contributed by atoms with Crippen LogP contribution in [-0.4, -0.2) is 60.9 Å². The van der Waals surface area contributed by atoms with Crippen LogP contribution in [0.1, 0.15) is 52.6 Å². The maximum Gasteiger partial charge on any atom is 0.261 e. The lowest BCUT2D eigenvalue weighted by Gasteiger charge is -2.29. The fraction of sp³-hybridized carbons (Fsp3) is 0.238. The summed E-state index contributed by atoms with van der Waals surface area (Å²) >= 11 is 0. The second kappa shape index (κ2) is 6.30. The van der Waals surface area contributed by atoms with Crippen LogP contribution in [0.15, 0.2) is 36.4 Å². The first-order valence-electron chi connectivity index (χ1n) is 8.82. The van der Waals surface area contributed by atoms with Crippen LogP contribution in [0.3, 0.4) is 0 Å². The topological polar surface area (TPSA) is 74.8 Å². The van der Waals surface area contributed by atoms with Gasteiger partial charge in [0.1, 0.15) is 13.3 Å². The zero-order chi connectivity index (χ0) is 21.1. The zero-order valence-corrected chi connectivity index (χ0v) is 15.7. The molecule has 0 spiro atoms. The van der Waals surface area contributed by atoms with Gasteiger partial charge in [0, 0.05) is 14.1 Å². The van der Waals surface area contributed by atoms with Gasteiger partial charge in [-0.25, -0.2) is 8.78 Å². The number of hydrogen-bond acceptors (Lipinski definition) is 4. The SMILES string of the molecule is CN1C(=O)c2ccc(C(CF)(CF)c3ccc4c(c3)C(=O)N(C)C4=O)cc2C1=O. The summed E-state index contributed by atoms with van der Waals surface area (Å²) in [5.74, 6) is -2.05. The third-order valence-electron chi connectivity index (χ3n) is 5.74. The van der Waals surface area contributed by atoms with Crippen LogP contribution in [0.5, 0.6) is 0 Å². The summed E-state index contributed by atoms with van der Waals surface area (Å²) in [6.07, 6.45) is 0. The monoisotopic (exact) mass is 398 g/mol. The summed E-state index contributed by atoms with van der Waals surface area (Å²) in [5, 5.41) is 0. The van der Waals surface area contributed by atoms with Gasteiger partial charge in [-0.05, 0) is 35.4 Å². The molecule has 0 atom stereocenters. The summed E-state index contributed by atoms with van der Waals surface area (Å²) in [6.45, 7) is -2.28. The van der Waals surface area contributed by atoms with Crippen LogP contribution in [-0.2, 0) is 5.41 Å². The van der Waals surface area contributed by atoms with Crippen molar-refractivity contribution in [2.45, 2.75) is 5.41 Å². The number of hydrogen-bond donors (Lipinski definition) is 0. The van der Waals surface area contributed by atoms with Crippen molar-refractivity contribution in [3.63, 3.8) is 0 Å². The van der Waals surface area contributed by atoms with Crippen molar-refractivity contribution >= 4 is 23.6 Å². The van der Waals surface area contributed by atoms with E-state index in [9.17, 15) is 28.0 Å². The minimum atomic E-state index is -1.78. The highest BCUT2D eigenvalue weighted by atomic mass is 19.1. The van der Waals surface area contributed by atoms with Gasteiger partial charge >= 0.3 is 0 Å². The van der Waals surface area contributed by atoms with Gasteiger partial charge in [0.05, 0.1) is 27.7 Å². The number of alkyl halides is 2. The van der Waals surface area contributed by atoms with Crippen LogP contribution < -0.4 is 0 Å². The molecule has 6 nitrogen and oxygen atoms in total. The normalized spacial score (nSPS) is 16.0. The van der Waals surface area contributed by atoms with Crippen molar-refractivity contribution in [1.82, 2.24) is 9.80 Å². The van der Waals surface area contributed by atoms with Gasteiger partial charge in [0.2, 0.25) is 0 Å². The molecular formula is C21H16F2N2O4. The molecule has 0 fully saturated rings. The molecule has 4 rings (SSSR count). The number of carbonyl (C=O) groups is 4. The van der Waals surface area contributed by atoms with Gasteiger partial charge in [0.15, 0.2) is 0 Å². The number of amides is 4. The Balaban J connectivity index is 1.88.